The van der Waals surface area contributed by atoms with Gasteiger partial charge in [0.1, 0.15) is 23.3 Å². The van der Waals surface area contributed by atoms with Crippen LogP contribution in [0.15, 0.2) is 36.7 Å². The lowest BCUT2D eigenvalue weighted by atomic mass is 10.0. The summed E-state index contributed by atoms with van der Waals surface area (Å²) in [5.41, 5.74) is -0.437. The molecule has 1 atom stereocenters. The fourth-order valence-corrected chi connectivity index (χ4v) is 2.05. The summed E-state index contributed by atoms with van der Waals surface area (Å²) in [4.78, 5) is 15.8. The van der Waals surface area contributed by atoms with E-state index in [1.807, 2.05) is 0 Å². The molecule has 7 heteroatoms. The Morgan fingerprint density at radius 3 is 2.58 bits per heavy atom. The van der Waals surface area contributed by atoms with Gasteiger partial charge in [0.25, 0.3) is 0 Å². The molecule has 0 radical (unpaired) electrons. The van der Waals surface area contributed by atoms with Gasteiger partial charge in [0.05, 0.1) is 11.9 Å². The smallest absolute Gasteiger partial charge is 0.412 e. The maximum absolute atomic E-state index is 13.9. The molecule has 0 bridgehead atoms. The number of halogens is 2. The van der Waals surface area contributed by atoms with Crippen molar-refractivity contribution in [2.75, 3.05) is 5.32 Å². The van der Waals surface area contributed by atoms with Crippen molar-refractivity contribution in [3.8, 4) is 0 Å². The van der Waals surface area contributed by atoms with E-state index in [1.54, 1.807) is 20.8 Å². The zero-order valence-electron chi connectivity index (χ0n) is 13.5. The van der Waals surface area contributed by atoms with Crippen molar-refractivity contribution in [2.45, 2.75) is 32.5 Å². The minimum absolute atomic E-state index is 0.116. The highest BCUT2D eigenvalue weighted by atomic mass is 19.1. The van der Waals surface area contributed by atoms with Crippen LogP contribution in [0.5, 0.6) is 0 Å². The lowest BCUT2D eigenvalue weighted by molar-refractivity contribution is 0.0635. The van der Waals surface area contributed by atoms with E-state index in [2.05, 4.69) is 10.3 Å². The Kier molecular flexibility index (Phi) is 5.14. The quantitative estimate of drug-likeness (QED) is 0.894. The van der Waals surface area contributed by atoms with Gasteiger partial charge >= 0.3 is 6.09 Å². The van der Waals surface area contributed by atoms with Crippen molar-refractivity contribution >= 4 is 11.8 Å². The van der Waals surface area contributed by atoms with E-state index in [4.69, 9.17) is 4.74 Å². The molecule has 0 saturated heterocycles. The van der Waals surface area contributed by atoms with Gasteiger partial charge in [-0.2, -0.15) is 0 Å². The van der Waals surface area contributed by atoms with Gasteiger partial charge in [-0.25, -0.2) is 13.6 Å². The van der Waals surface area contributed by atoms with Crippen LogP contribution in [0.25, 0.3) is 0 Å². The number of hydrogen-bond acceptors (Lipinski definition) is 4. The zero-order valence-corrected chi connectivity index (χ0v) is 13.5. The predicted octanol–water partition coefficient (Wildman–Crippen LogP) is 3.79. The Bertz CT molecular complexity index is 745. The molecule has 0 spiro atoms. The van der Waals surface area contributed by atoms with Crippen molar-refractivity contribution in [2.24, 2.45) is 0 Å². The molecular weight excluding hydrogens is 318 g/mol. The van der Waals surface area contributed by atoms with Gasteiger partial charge in [-0.3, -0.25) is 10.3 Å². The first-order valence-electron chi connectivity index (χ1n) is 7.24. The minimum atomic E-state index is -1.40. The average molecular weight is 336 g/mol. The van der Waals surface area contributed by atoms with Gasteiger partial charge in [0.2, 0.25) is 0 Å². The summed E-state index contributed by atoms with van der Waals surface area (Å²) < 4.78 is 32.0. The number of aromatic nitrogens is 1. The second-order valence-corrected chi connectivity index (χ2v) is 6.16. The van der Waals surface area contributed by atoms with Crippen molar-refractivity contribution < 1.29 is 23.4 Å². The topological polar surface area (TPSA) is 71.5 Å². The van der Waals surface area contributed by atoms with Gasteiger partial charge in [0.15, 0.2) is 0 Å². The van der Waals surface area contributed by atoms with E-state index >= 15 is 0 Å². The fraction of sp³-hybridized carbons (Fsp3) is 0.294. The summed E-state index contributed by atoms with van der Waals surface area (Å²) in [7, 11) is 0. The molecule has 0 aliphatic rings. The standard InChI is InChI=1S/C17H18F2N2O3/c1-17(2,3)24-16(23)21-14-9-20-7-6-12(14)15(22)11-5-4-10(18)8-13(11)19/h4-9,15,22H,1-3H3,(H,21,23). The van der Waals surface area contributed by atoms with E-state index in [9.17, 15) is 18.7 Å². The lowest BCUT2D eigenvalue weighted by Crippen LogP contribution is -2.27. The van der Waals surface area contributed by atoms with E-state index in [0.717, 1.165) is 12.1 Å². The number of nitrogens with zero attached hydrogens (tertiary/aromatic N) is 1. The number of carbonyl (C=O) groups excluding carboxylic acids is 1. The maximum Gasteiger partial charge on any atom is 0.412 e. The number of amides is 1. The molecule has 2 N–H and O–H groups in total. The number of aliphatic hydroxyl groups excluding tert-OH is 1. The lowest BCUT2D eigenvalue weighted by Gasteiger charge is -2.21. The zero-order chi connectivity index (χ0) is 17.9. The predicted molar refractivity (Wildman–Crippen MR) is 84.5 cm³/mol. The van der Waals surface area contributed by atoms with Gasteiger partial charge in [-0.1, -0.05) is 6.07 Å². The monoisotopic (exact) mass is 336 g/mol. The maximum atomic E-state index is 13.9. The van der Waals surface area contributed by atoms with Crippen LogP contribution in [0.1, 0.15) is 38.0 Å². The summed E-state index contributed by atoms with van der Waals surface area (Å²) >= 11 is 0. The van der Waals surface area contributed by atoms with Crippen LogP contribution >= 0.6 is 0 Å². The minimum Gasteiger partial charge on any atom is -0.444 e. The number of ether oxygens (including phenoxy) is 1. The van der Waals surface area contributed by atoms with Crippen LogP contribution in [0.2, 0.25) is 0 Å². The highest BCUT2D eigenvalue weighted by molar-refractivity contribution is 5.85. The van der Waals surface area contributed by atoms with E-state index in [-0.39, 0.29) is 16.8 Å². The number of aliphatic hydroxyl groups is 1. The number of pyridine rings is 1. The Morgan fingerprint density at radius 2 is 1.96 bits per heavy atom. The molecule has 5 nitrogen and oxygen atoms in total. The molecule has 1 unspecified atom stereocenters. The Morgan fingerprint density at radius 1 is 1.25 bits per heavy atom. The van der Waals surface area contributed by atoms with E-state index in [0.29, 0.717) is 6.07 Å². The van der Waals surface area contributed by atoms with Gasteiger partial charge < -0.3 is 9.84 Å². The normalized spacial score (nSPS) is 12.6. The molecule has 0 saturated carbocycles. The van der Waals surface area contributed by atoms with Crippen molar-refractivity contribution in [3.05, 3.63) is 59.4 Å². The fourth-order valence-electron chi connectivity index (χ4n) is 2.05. The molecule has 24 heavy (non-hydrogen) atoms. The number of nitrogens with one attached hydrogen (secondary N) is 1. The van der Waals surface area contributed by atoms with E-state index < -0.39 is 29.4 Å². The highest BCUT2D eigenvalue weighted by Gasteiger charge is 2.22. The molecule has 0 fully saturated rings. The van der Waals surface area contributed by atoms with Gasteiger partial charge in [0, 0.05) is 23.4 Å². The first-order valence-corrected chi connectivity index (χ1v) is 7.24. The Hall–Kier alpha value is -2.54. The second-order valence-electron chi connectivity index (χ2n) is 6.16. The molecule has 128 valence electrons. The van der Waals surface area contributed by atoms with Crippen molar-refractivity contribution in [1.29, 1.82) is 0 Å². The molecule has 0 aliphatic carbocycles. The number of rotatable bonds is 3. The van der Waals surface area contributed by atoms with Gasteiger partial charge in [-0.15, -0.1) is 0 Å². The van der Waals surface area contributed by atoms with Crippen LogP contribution in [0.4, 0.5) is 19.3 Å². The number of anilines is 1. The highest BCUT2D eigenvalue weighted by Crippen LogP contribution is 2.29. The SMILES string of the molecule is CC(C)(C)OC(=O)Nc1cnccc1C(O)c1ccc(F)cc1F. The third-order valence-corrected chi connectivity index (χ3v) is 3.04. The van der Waals surface area contributed by atoms with Crippen LogP contribution in [0.3, 0.4) is 0 Å². The molecule has 1 amide bonds. The summed E-state index contributed by atoms with van der Waals surface area (Å²) in [6.45, 7) is 5.12. The summed E-state index contributed by atoms with van der Waals surface area (Å²) in [5, 5.41) is 12.9. The van der Waals surface area contributed by atoms with Gasteiger partial charge in [-0.05, 0) is 32.9 Å². The molecule has 2 rings (SSSR count). The third kappa shape index (κ3) is 4.48. The Balaban J connectivity index is 2.29. The number of benzene rings is 1. The molecular formula is C17H18F2N2O3. The first-order chi connectivity index (χ1) is 11.2. The molecule has 1 aromatic heterocycles. The average Bonchev–Trinajstić information content (AvgIpc) is 2.45. The second kappa shape index (κ2) is 6.92. The van der Waals surface area contributed by atoms with Crippen LogP contribution < -0.4 is 5.32 Å². The van der Waals surface area contributed by atoms with Crippen LogP contribution in [0, 0.1) is 11.6 Å². The summed E-state index contributed by atoms with van der Waals surface area (Å²) in [5.74, 6) is -1.63. The Labute approximate surface area is 138 Å². The van der Waals surface area contributed by atoms with Crippen molar-refractivity contribution in [1.82, 2.24) is 4.98 Å². The summed E-state index contributed by atoms with van der Waals surface area (Å²) in [6, 6.07) is 4.30. The molecule has 2 aromatic rings. The number of hydrogen-bond donors (Lipinski definition) is 2. The van der Waals surface area contributed by atoms with E-state index in [1.165, 1.54) is 18.5 Å². The van der Waals surface area contributed by atoms with Crippen LogP contribution in [-0.2, 0) is 4.74 Å². The summed E-state index contributed by atoms with van der Waals surface area (Å²) in [6.07, 6.45) is 0.562. The first kappa shape index (κ1) is 17.8. The van der Waals surface area contributed by atoms with Crippen LogP contribution in [-0.4, -0.2) is 21.8 Å². The molecule has 0 aliphatic heterocycles. The number of carbonyl (C=O) groups is 1. The molecule has 1 heterocycles. The third-order valence-electron chi connectivity index (χ3n) is 3.04. The molecule has 1 aromatic carbocycles. The largest absolute Gasteiger partial charge is 0.444 e. The van der Waals surface area contributed by atoms with Crippen molar-refractivity contribution in [3.63, 3.8) is 0 Å².